The second-order valence-corrected chi connectivity index (χ2v) is 4.64. The van der Waals surface area contributed by atoms with Crippen molar-refractivity contribution in [2.45, 2.75) is 13.3 Å². The number of rotatable bonds is 6. The van der Waals surface area contributed by atoms with Gasteiger partial charge in [-0.05, 0) is 19.1 Å². The number of aromatic nitrogens is 2. The van der Waals surface area contributed by atoms with Gasteiger partial charge < -0.3 is 19.9 Å². The molecule has 1 aromatic heterocycles. The smallest absolute Gasteiger partial charge is 0.255 e. The minimum Gasteiger partial charge on any atom is -0.497 e. The predicted molar refractivity (Wildman–Crippen MR) is 83.2 cm³/mol. The Morgan fingerprint density at radius 3 is 2.68 bits per heavy atom. The van der Waals surface area contributed by atoms with Crippen LogP contribution in [0.5, 0.6) is 11.5 Å². The van der Waals surface area contributed by atoms with Gasteiger partial charge in [-0.1, -0.05) is 0 Å². The minimum absolute atomic E-state index is 0.0952. The number of methoxy groups -OCH3 is 2. The van der Waals surface area contributed by atoms with Crippen LogP contribution in [0.25, 0.3) is 0 Å². The fraction of sp³-hybridized carbons (Fsp3) is 0.333. The minimum atomic E-state index is -0.272. The van der Waals surface area contributed by atoms with Gasteiger partial charge in [-0.3, -0.25) is 9.78 Å². The van der Waals surface area contributed by atoms with Gasteiger partial charge in [0, 0.05) is 24.7 Å². The number of aliphatic hydroxyl groups is 1. The Morgan fingerprint density at radius 2 is 2.09 bits per heavy atom. The molecule has 0 radical (unpaired) electrons. The lowest BCUT2D eigenvalue weighted by atomic mass is 10.2. The molecular weight excluding hydrogens is 286 g/mol. The van der Waals surface area contributed by atoms with Gasteiger partial charge in [0.15, 0.2) is 0 Å². The topological polar surface area (TPSA) is 96.5 Å². The molecule has 1 heterocycles. The molecule has 22 heavy (non-hydrogen) atoms. The van der Waals surface area contributed by atoms with Crippen LogP contribution < -0.4 is 20.3 Å². The lowest BCUT2D eigenvalue weighted by Crippen LogP contribution is -2.19. The van der Waals surface area contributed by atoms with E-state index in [4.69, 9.17) is 14.6 Å². The number of hydrogen-bond donors (Lipinski definition) is 3. The number of nitrogens with zero attached hydrogens (tertiary/aromatic N) is 1. The Labute approximate surface area is 127 Å². The number of aliphatic hydroxyl groups excluding tert-OH is 1. The van der Waals surface area contributed by atoms with Gasteiger partial charge in [-0.25, -0.2) is 4.98 Å². The zero-order valence-electron chi connectivity index (χ0n) is 12.8. The van der Waals surface area contributed by atoms with Gasteiger partial charge in [0.25, 0.3) is 5.56 Å². The number of nitrogens with one attached hydrogen (secondary N) is 2. The zero-order valence-corrected chi connectivity index (χ0v) is 12.8. The van der Waals surface area contributed by atoms with Crippen LogP contribution in [0.15, 0.2) is 23.0 Å². The molecule has 3 N–H and O–H groups in total. The lowest BCUT2D eigenvalue weighted by molar-refractivity contribution is 0.298. The van der Waals surface area contributed by atoms with Gasteiger partial charge in [0.05, 0.1) is 25.6 Å². The monoisotopic (exact) mass is 305 g/mol. The molecule has 0 fully saturated rings. The van der Waals surface area contributed by atoms with E-state index in [0.717, 1.165) is 0 Å². The number of hydrogen-bond acceptors (Lipinski definition) is 6. The van der Waals surface area contributed by atoms with Crippen molar-refractivity contribution >= 4 is 11.6 Å². The lowest BCUT2D eigenvalue weighted by Gasteiger charge is -2.13. The van der Waals surface area contributed by atoms with Gasteiger partial charge in [0.1, 0.15) is 11.5 Å². The molecule has 118 valence electrons. The van der Waals surface area contributed by atoms with E-state index in [1.807, 2.05) is 0 Å². The maximum absolute atomic E-state index is 12.0. The number of ether oxygens (including phenoxy) is 2. The van der Waals surface area contributed by atoms with Crippen molar-refractivity contribution in [3.63, 3.8) is 0 Å². The van der Waals surface area contributed by atoms with Crippen molar-refractivity contribution in [3.8, 4) is 11.5 Å². The van der Waals surface area contributed by atoms with E-state index in [1.165, 1.54) is 0 Å². The summed E-state index contributed by atoms with van der Waals surface area (Å²) in [6, 6.07) is 5.28. The van der Waals surface area contributed by atoms with E-state index >= 15 is 0 Å². The maximum atomic E-state index is 12.0. The van der Waals surface area contributed by atoms with Crippen molar-refractivity contribution in [3.05, 3.63) is 39.8 Å². The van der Waals surface area contributed by atoms with Crippen molar-refractivity contribution in [1.82, 2.24) is 9.97 Å². The average Bonchev–Trinajstić information content (AvgIpc) is 2.51. The summed E-state index contributed by atoms with van der Waals surface area (Å²) in [7, 11) is 3.12. The predicted octanol–water partition coefficient (Wildman–Crippen LogP) is 1.37. The molecule has 2 rings (SSSR count). The van der Waals surface area contributed by atoms with Crippen molar-refractivity contribution in [1.29, 1.82) is 0 Å². The van der Waals surface area contributed by atoms with Crippen molar-refractivity contribution < 1.29 is 14.6 Å². The molecule has 0 unspecified atom stereocenters. The number of aryl methyl sites for hydroxylation is 1. The zero-order chi connectivity index (χ0) is 16.1. The van der Waals surface area contributed by atoms with E-state index in [1.54, 1.807) is 39.3 Å². The summed E-state index contributed by atoms with van der Waals surface area (Å²) in [5.41, 5.74) is 1.40. The Kier molecular flexibility index (Phi) is 5.00. The summed E-state index contributed by atoms with van der Waals surface area (Å²) in [6.45, 7) is 1.64. The fourth-order valence-electron chi connectivity index (χ4n) is 2.12. The summed E-state index contributed by atoms with van der Waals surface area (Å²) in [5, 5.41) is 12.0. The third kappa shape index (κ3) is 3.37. The molecule has 7 nitrogen and oxygen atoms in total. The summed E-state index contributed by atoms with van der Waals surface area (Å²) < 4.78 is 10.4. The molecule has 0 bridgehead atoms. The molecule has 0 spiro atoms. The van der Waals surface area contributed by atoms with E-state index in [2.05, 4.69) is 15.3 Å². The van der Waals surface area contributed by atoms with Gasteiger partial charge in [-0.15, -0.1) is 0 Å². The Balaban J connectivity index is 2.37. The largest absolute Gasteiger partial charge is 0.497 e. The first-order valence-corrected chi connectivity index (χ1v) is 6.78. The van der Waals surface area contributed by atoms with Crippen molar-refractivity contribution in [2.75, 3.05) is 26.1 Å². The van der Waals surface area contributed by atoms with Gasteiger partial charge in [-0.2, -0.15) is 0 Å². The van der Waals surface area contributed by atoms with Gasteiger partial charge in [0.2, 0.25) is 5.95 Å². The first-order chi connectivity index (χ1) is 10.6. The van der Waals surface area contributed by atoms with E-state index in [9.17, 15) is 4.79 Å². The van der Waals surface area contributed by atoms with Crippen molar-refractivity contribution in [2.24, 2.45) is 0 Å². The second-order valence-electron chi connectivity index (χ2n) is 4.64. The molecule has 7 heteroatoms. The first kappa shape index (κ1) is 15.8. The Morgan fingerprint density at radius 1 is 1.32 bits per heavy atom. The molecule has 0 amide bonds. The summed E-state index contributed by atoms with van der Waals surface area (Å²) in [5.74, 6) is 1.55. The normalized spacial score (nSPS) is 10.4. The summed E-state index contributed by atoms with van der Waals surface area (Å²) >= 11 is 0. The molecule has 0 saturated carbocycles. The molecule has 1 aromatic carbocycles. The standard InChI is InChI=1S/C15H19N3O4/c1-9-11(6-7-19)14(20)18-15(16-9)17-12-8-10(21-2)4-5-13(12)22-3/h4-5,8,19H,6-7H2,1-3H3,(H2,16,17,18,20). The number of anilines is 2. The van der Waals surface area contributed by atoms with E-state index < -0.39 is 0 Å². The van der Waals surface area contributed by atoms with Crippen LogP contribution in [-0.4, -0.2) is 35.9 Å². The average molecular weight is 305 g/mol. The number of H-pyrrole nitrogens is 1. The van der Waals surface area contributed by atoms with Crippen LogP contribution in [0, 0.1) is 6.92 Å². The summed E-state index contributed by atoms with van der Waals surface area (Å²) in [4.78, 5) is 19.0. The van der Waals surface area contributed by atoms with Crippen LogP contribution in [0.3, 0.4) is 0 Å². The second kappa shape index (κ2) is 6.95. The molecule has 0 aliphatic heterocycles. The van der Waals surface area contributed by atoms with Crippen LogP contribution >= 0.6 is 0 Å². The highest BCUT2D eigenvalue weighted by molar-refractivity contribution is 5.65. The molecular formula is C15H19N3O4. The van der Waals surface area contributed by atoms with Crippen LogP contribution in [0.4, 0.5) is 11.6 Å². The molecule has 2 aromatic rings. The maximum Gasteiger partial charge on any atom is 0.255 e. The molecule has 0 saturated heterocycles. The number of benzene rings is 1. The van der Waals surface area contributed by atoms with E-state index in [0.29, 0.717) is 34.4 Å². The third-order valence-corrected chi connectivity index (χ3v) is 3.24. The van der Waals surface area contributed by atoms with Crippen LogP contribution in [-0.2, 0) is 6.42 Å². The SMILES string of the molecule is COc1ccc(OC)c(Nc2nc(C)c(CCO)c(=O)[nH]2)c1. The van der Waals surface area contributed by atoms with Gasteiger partial charge >= 0.3 is 0 Å². The Hall–Kier alpha value is -2.54. The molecule has 0 atom stereocenters. The highest BCUT2D eigenvalue weighted by Gasteiger charge is 2.10. The highest BCUT2D eigenvalue weighted by atomic mass is 16.5. The third-order valence-electron chi connectivity index (χ3n) is 3.24. The van der Waals surface area contributed by atoms with E-state index in [-0.39, 0.29) is 18.6 Å². The highest BCUT2D eigenvalue weighted by Crippen LogP contribution is 2.30. The first-order valence-electron chi connectivity index (χ1n) is 6.78. The summed E-state index contributed by atoms with van der Waals surface area (Å²) in [6.07, 6.45) is 0.275. The molecule has 0 aliphatic carbocycles. The number of aromatic amines is 1. The molecule has 0 aliphatic rings. The van der Waals surface area contributed by atoms with Crippen LogP contribution in [0.2, 0.25) is 0 Å². The quantitative estimate of drug-likeness (QED) is 0.746. The Bertz CT molecular complexity index is 712. The fourth-order valence-corrected chi connectivity index (χ4v) is 2.12. The van der Waals surface area contributed by atoms with Crippen LogP contribution in [0.1, 0.15) is 11.3 Å².